The Morgan fingerprint density at radius 3 is 2.88 bits per heavy atom. The molecule has 1 aliphatic heterocycles. The van der Waals surface area contributed by atoms with Crippen molar-refractivity contribution in [2.24, 2.45) is 0 Å². The molecule has 1 aromatic carbocycles. The molecule has 86 valence electrons. The molecule has 2 rings (SSSR count). The summed E-state index contributed by atoms with van der Waals surface area (Å²) < 4.78 is 10.6. The van der Waals surface area contributed by atoms with Crippen LogP contribution in [0, 0.1) is 0 Å². The van der Waals surface area contributed by atoms with E-state index in [4.69, 9.17) is 14.6 Å². The van der Waals surface area contributed by atoms with E-state index >= 15 is 0 Å². The van der Waals surface area contributed by atoms with E-state index in [1.165, 1.54) is 0 Å². The van der Waals surface area contributed by atoms with Crippen LogP contribution < -0.4 is 9.47 Å². The van der Waals surface area contributed by atoms with Crippen LogP contribution in [0.15, 0.2) is 30.4 Å². The van der Waals surface area contributed by atoms with Crippen LogP contribution in [0.3, 0.4) is 0 Å². The van der Waals surface area contributed by atoms with Gasteiger partial charge in [-0.2, -0.15) is 0 Å². The normalized spacial score (nSPS) is 14.9. The second-order valence-corrected chi connectivity index (χ2v) is 4.02. The van der Waals surface area contributed by atoms with Crippen molar-refractivity contribution in [3.05, 3.63) is 35.9 Å². The van der Waals surface area contributed by atoms with Crippen molar-refractivity contribution in [3.63, 3.8) is 0 Å². The fourth-order valence-corrected chi connectivity index (χ4v) is 1.96. The molecule has 0 fully saturated rings. The van der Waals surface area contributed by atoms with Crippen molar-refractivity contribution in [2.75, 3.05) is 13.4 Å². The predicted molar refractivity (Wildman–Crippen MR) is 61.8 cm³/mol. The van der Waals surface area contributed by atoms with Crippen LogP contribution in [0.1, 0.15) is 24.8 Å². The minimum atomic E-state index is 0.159. The van der Waals surface area contributed by atoms with Crippen molar-refractivity contribution >= 4 is 0 Å². The Balaban J connectivity index is 2.28. The van der Waals surface area contributed by atoms with Gasteiger partial charge in [0.25, 0.3) is 0 Å². The summed E-state index contributed by atoms with van der Waals surface area (Å²) in [5.41, 5.74) is 2.17. The molecule has 0 saturated carbocycles. The van der Waals surface area contributed by atoms with Gasteiger partial charge in [0.2, 0.25) is 6.79 Å². The lowest BCUT2D eigenvalue weighted by Crippen LogP contribution is -2.02. The molecule has 0 saturated heterocycles. The first-order chi connectivity index (χ1) is 7.72. The van der Waals surface area contributed by atoms with Gasteiger partial charge in [0.15, 0.2) is 11.5 Å². The Kier molecular flexibility index (Phi) is 3.15. The Bertz CT molecular complexity index is 398. The van der Waals surface area contributed by atoms with Crippen LogP contribution in [0.4, 0.5) is 0 Å². The molecule has 16 heavy (non-hydrogen) atoms. The van der Waals surface area contributed by atoms with Crippen LogP contribution in [-0.2, 0) is 0 Å². The third kappa shape index (κ3) is 2.04. The maximum Gasteiger partial charge on any atom is 0.231 e. The summed E-state index contributed by atoms with van der Waals surface area (Å²) in [6.07, 6.45) is 0.689. The van der Waals surface area contributed by atoms with Gasteiger partial charge in [-0.05, 0) is 31.0 Å². The molecule has 0 amide bonds. The lowest BCUT2D eigenvalue weighted by Gasteiger charge is -2.16. The fourth-order valence-electron chi connectivity index (χ4n) is 1.96. The number of allylic oxidation sites excluding steroid dienone is 1. The zero-order chi connectivity index (χ0) is 11.5. The highest BCUT2D eigenvalue weighted by atomic mass is 16.7. The van der Waals surface area contributed by atoms with E-state index in [9.17, 15) is 0 Å². The molecule has 0 spiro atoms. The summed E-state index contributed by atoms with van der Waals surface area (Å²) in [6.45, 7) is 6.38. The number of benzene rings is 1. The van der Waals surface area contributed by atoms with Gasteiger partial charge < -0.3 is 14.6 Å². The molecule has 0 aromatic heterocycles. The Labute approximate surface area is 95.3 Å². The maximum absolute atomic E-state index is 9.04. The number of ether oxygens (including phenoxy) is 2. The second-order valence-electron chi connectivity index (χ2n) is 4.02. The van der Waals surface area contributed by atoms with Gasteiger partial charge in [0.1, 0.15) is 0 Å². The predicted octanol–water partition coefficient (Wildman–Crippen LogP) is 2.46. The van der Waals surface area contributed by atoms with Gasteiger partial charge in [0, 0.05) is 12.5 Å². The lowest BCUT2D eigenvalue weighted by molar-refractivity contribution is 0.174. The highest BCUT2D eigenvalue weighted by Crippen LogP contribution is 2.36. The number of hydrogen-bond acceptors (Lipinski definition) is 3. The molecule has 1 aromatic rings. The second kappa shape index (κ2) is 4.58. The van der Waals surface area contributed by atoms with E-state index in [1.54, 1.807) is 0 Å². The first-order valence-electron chi connectivity index (χ1n) is 5.38. The maximum atomic E-state index is 9.04. The summed E-state index contributed by atoms with van der Waals surface area (Å²) in [5, 5.41) is 9.04. The highest BCUT2D eigenvalue weighted by molar-refractivity contribution is 5.46. The zero-order valence-corrected chi connectivity index (χ0v) is 9.40. The SMILES string of the molecule is C=C(C)C(CCO)c1ccc2c(c1)OCO2. The Morgan fingerprint density at radius 1 is 1.44 bits per heavy atom. The van der Waals surface area contributed by atoms with E-state index in [-0.39, 0.29) is 19.3 Å². The average molecular weight is 220 g/mol. The number of fused-ring (bicyclic) bond motifs is 1. The molecule has 0 aliphatic carbocycles. The lowest BCUT2D eigenvalue weighted by atomic mass is 9.90. The van der Waals surface area contributed by atoms with E-state index in [2.05, 4.69) is 6.58 Å². The third-order valence-corrected chi connectivity index (χ3v) is 2.81. The monoisotopic (exact) mass is 220 g/mol. The molecule has 0 bridgehead atoms. The summed E-state index contributed by atoms with van der Waals surface area (Å²) in [5.74, 6) is 1.74. The van der Waals surface area contributed by atoms with E-state index in [1.807, 2.05) is 25.1 Å². The number of rotatable bonds is 4. The van der Waals surface area contributed by atoms with Crippen LogP contribution in [-0.4, -0.2) is 18.5 Å². The molecular formula is C13H16O3. The van der Waals surface area contributed by atoms with Crippen LogP contribution >= 0.6 is 0 Å². The molecule has 3 heteroatoms. The zero-order valence-electron chi connectivity index (χ0n) is 9.40. The highest BCUT2D eigenvalue weighted by Gasteiger charge is 2.18. The first-order valence-corrected chi connectivity index (χ1v) is 5.38. The summed E-state index contributed by atoms with van der Waals surface area (Å²) in [7, 11) is 0. The Morgan fingerprint density at radius 2 is 2.19 bits per heavy atom. The van der Waals surface area contributed by atoms with E-state index in [0.717, 1.165) is 22.6 Å². The minimum Gasteiger partial charge on any atom is -0.454 e. The van der Waals surface area contributed by atoms with E-state index < -0.39 is 0 Å². The van der Waals surface area contributed by atoms with Crippen molar-refractivity contribution in [1.29, 1.82) is 0 Å². The Hall–Kier alpha value is -1.48. The molecule has 1 aliphatic rings. The quantitative estimate of drug-likeness (QED) is 0.792. The molecule has 1 heterocycles. The van der Waals surface area contributed by atoms with Crippen LogP contribution in [0.5, 0.6) is 11.5 Å². The largest absolute Gasteiger partial charge is 0.454 e. The molecular weight excluding hydrogens is 204 g/mol. The molecule has 1 atom stereocenters. The van der Waals surface area contributed by atoms with E-state index in [0.29, 0.717) is 6.42 Å². The average Bonchev–Trinajstić information content (AvgIpc) is 2.72. The standard InChI is InChI=1S/C13H16O3/c1-9(2)11(5-6-14)10-3-4-12-13(7-10)16-8-15-12/h3-4,7,11,14H,1,5-6,8H2,2H3. The minimum absolute atomic E-state index is 0.159. The summed E-state index contributed by atoms with van der Waals surface area (Å²) in [6, 6.07) is 5.88. The van der Waals surface area contributed by atoms with Crippen LogP contribution in [0.2, 0.25) is 0 Å². The van der Waals surface area contributed by atoms with Gasteiger partial charge in [-0.1, -0.05) is 18.2 Å². The topological polar surface area (TPSA) is 38.7 Å². The molecule has 0 radical (unpaired) electrons. The number of aliphatic hydroxyl groups is 1. The van der Waals surface area contributed by atoms with Gasteiger partial charge in [-0.15, -0.1) is 0 Å². The molecule has 3 nitrogen and oxygen atoms in total. The van der Waals surface area contributed by atoms with Crippen molar-refractivity contribution < 1.29 is 14.6 Å². The number of hydrogen-bond donors (Lipinski definition) is 1. The van der Waals surface area contributed by atoms with Crippen molar-refractivity contribution in [1.82, 2.24) is 0 Å². The molecule has 1 unspecified atom stereocenters. The number of aliphatic hydroxyl groups excluding tert-OH is 1. The fraction of sp³-hybridized carbons (Fsp3) is 0.385. The van der Waals surface area contributed by atoms with Gasteiger partial charge >= 0.3 is 0 Å². The van der Waals surface area contributed by atoms with Gasteiger partial charge in [0.05, 0.1) is 0 Å². The van der Waals surface area contributed by atoms with Gasteiger partial charge in [-0.3, -0.25) is 0 Å². The van der Waals surface area contributed by atoms with Crippen molar-refractivity contribution in [2.45, 2.75) is 19.3 Å². The summed E-state index contributed by atoms with van der Waals surface area (Å²) in [4.78, 5) is 0. The third-order valence-electron chi connectivity index (χ3n) is 2.81. The van der Waals surface area contributed by atoms with Crippen LogP contribution in [0.25, 0.3) is 0 Å². The van der Waals surface area contributed by atoms with Crippen molar-refractivity contribution in [3.8, 4) is 11.5 Å². The molecule has 1 N–H and O–H groups in total. The van der Waals surface area contributed by atoms with Gasteiger partial charge in [-0.25, -0.2) is 0 Å². The summed E-state index contributed by atoms with van der Waals surface area (Å²) >= 11 is 0. The smallest absolute Gasteiger partial charge is 0.231 e. The first kappa shape index (κ1) is 11.0.